The van der Waals surface area contributed by atoms with Crippen LogP contribution in [0.15, 0.2) is 24.3 Å². The lowest BCUT2D eigenvalue weighted by molar-refractivity contribution is -0.384. The molecule has 2 N–H and O–H groups in total. The minimum absolute atomic E-state index is 0.0330. The van der Waals surface area contributed by atoms with E-state index in [1.165, 1.54) is 18.6 Å². The van der Waals surface area contributed by atoms with E-state index in [2.05, 4.69) is 29.4 Å². The Bertz CT molecular complexity index is 577. The van der Waals surface area contributed by atoms with Crippen molar-refractivity contribution in [1.29, 1.82) is 0 Å². The summed E-state index contributed by atoms with van der Waals surface area (Å²) in [4.78, 5) is 24.7. The monoisotopic (exact) mass is 334 g/mol. The molecule has 1 saturated heterocycles. The summed E-state index contributed by atoms with van der Waals surface area (Å²) in [5.41, 5.74) is 0.744. The van der Waals surface area contributed by atoms with Crippen LogP contribution < -0.4 is 10.6 Å². The minimum atomic E-state index is -0.437. The van der Waals surface area contributed by atoms with Crippen LogP contribution in [0.4, 0.5) is 10.5 Å². The third kappa shape index (κ3) is 5.49. The summed E-state index contributed by atoms with van der Waals surface area (Å²) in [5, 5.41) is 16.4. The number of piperidine rings is 1. The zero-order chi connectivity index (χ0) is 17.5. The number of nitrogens with zero attached hydrogens (tertiary/aromatic N) is 2. The van der Waals surface area contributed by atoms with Crippen molar-refractivity contribution in [3.63, 3.8) is 0 Å². The molecule has 1 atom stereocenters. The maximum atomic E-state index is 11.9. The molecule has 1 heterocycles. The van der Waals surface area contributed by atoms with Gasteiger partial charge in [0.2, 0.25) is 0 Å². The third-order valence-electron chi connectivity index (χ3n) is 4.41. The average Bonchev–Trinajstić information content (AvgIpc) is 2.58. The van der Waals surface area contributed by atoms with Crippen molar-refractivity contribution in [1.82, 2.24) is 15.5 Å². The highest BCUT2D eigenvalue weighted by Gasteiger charge is 2.21. The van der Waals surface area contributed by atoms with E-state index >= 15 is 0 Å². The Morgan fingerprint density at radius 3 is 2.92 bits per heavy atom. The lowest BCUT2D eigenvalue weighted by Crippen LogP contribution is -2.45. The normalized spacial score (nSPS) is 18.4. The number of non-ortho nitro benzene ring substituents is 1. The summed E-state index contributed by atoms with van der Waals surface area (Å²) in [7, 11) is 0. The van der Waals surface area contributed by atoms with E-state index < -0.39 is 4.92 Å². The molecule has 2 amide bonds. The number of hydrogen-bond acceptors (Lipinski definition) is 4. The Hall–Kier alpha value is -2.15. The van der Waals surface area contributed by atoms with E-state index in [0.717, 1.165) is 19.5 Å². The van der Waals surface area contributed by atoms with Gasteiger partial charge in [0, 0.05) is 37.8 Å². The molecule has 1 aliphatic rings. The van der Waals surface area contributed by atoms with E-state index in [-0.39, 0.29) is 18.3 Å². The number of benzene rings is 1. The molecule has 132 valence electrons. The van der Waals surface area contributed by atoms with E-state index in [4.69, 9.17) is 0 Å². The quantitative estimate of drug-likeness (QED) is 0.618. The SMILES string of the molecule is CC(C)N1CCC[C@@H](CNC(=O)NCc2cccc([N+](=O)[O-])c2)C1. The molecule has 1 aromatic rings. The van der Waals surface area contributed by atoms with Crippen molar-refractivity contribution in [3.05, 3.63) is 39.9 Å². The first-order valence-corrected chi connectivity index (χ1v) is 8.45. The molecule has 1 aromatic carbocycles. The van der Waals surface area contributed by atoms with Gasteiger partial charge in [-0.3, -0.25) is 10.1 Å². The van der Waals surface area contributed by atoms with Crippen LogP contribution in [-0.2, 0) is 6.54 Å². The molecule has 1 fully saturated rings. The van der Waals surface area contributed by atoms with Gasteiger partial charge < -0.3 is 15.5 Å². The smallest absolute Gasteiger partial charge is 0.315 e. The highest BCUT2D eigenvalue weighted by atomic mass is 16.6. The molecule has 0 unspecified atom stereocenters. The highest BCUT2D eigenvalue weighted by molar-refractivity contribution is 5.73. The van der Waals surface area contributed by atoms with Gasteiger partial charge in [-0.15, -0.1) is 0 Å². The number of urea groups is 1. The lowest BCUT2D eigenvalue weighted by Gasteiger charge is -2.35. The molecule has 2 rings (SSSR count). The van der Waals surface area contributed by atoms with Crippen molar-refractivity contribution in [3.8, 4) is 0 Å². The van der Waals surface area contributed by atoms with Crippen LogP contribution in [0, 0.1) is 16.0 Å². The highest BCUT2D eigenvalue weighted by Crippen LogP contribution is 2.17. The van der Waals surface area contributed by atoms with Crippen molar-refractivity contribution in [2.75, 3.05) is 19.6 Å². The first-order chi connectivity index (χ1) is 11.5. The van der Waals surface area contributed by atoms with Gasteiger partial charge >= 0.3 is 6.03 Å². The second-order valence-electron chi connectivity index (χ2n) is 6.59. The van der Waals surface area contributed by atoms with Crippen LogP contribution in [0.25, 0.3) is 0 Å². The van der Waals surface area contributed by atoms with E-state index in [1.807, 2.05) is 0 Å². The third-order valence-corrected chi connectivity index (χ3v) is 4.41. The number of nitro groups is 1. The molecule has 0 aliphatic carbocycles. The summed E-state index contributed by atoms with van der Waals surface area (Å²) < 4.78 is 0. The van der Waals surface area contributed by atoms with Crippen molar-refractivity contribution >= 4 is 11.7 Å². The average molecular weight is 334 g/mol. The molecule has 0 aromatic heterocycles. The first kappa shape index (κ1) is 18.2. The van der Waals surface area contributed by atoms with Gasteiger partial charge in [-0.05, 0) is 44.7 Å². The Morgan fingerprint density at radius 1 is 1.42 bits per heavy atom. The van der Waals surface area contributed by atoms with E-state index in [1.54, 1.807) is 12.1 Å². The summed E-state index contributed by atoms with van der Waals surface area (Å²) in [6, 6.07) is 6.60. The molecule has 7 heteroatoms. The van der Waals surface area contributed by atoms with E-state index in [9.17, 15) is 14.9 Å². The largest absolute Gasteiger partial charge is 0.338 e. The van der Waals surface area contributed by atoms with Gasteiger partial charge in [-0.1, -0.05) is 12.1 Å². The molecular formula is C17H26N4O3. The zero-order valence-corrected chi connectivity index (χ0v) is 14.3. The number of amides is 2. The predicted molar refractivity (Wildman–Crippen MR) is 92.8 cm³/mol. The van der Waals surface area contributed by atoms with Gasteiger partial charge in [-0.2, -0.15) is 0 Å². The maximum absolute atomic E-state index is 11.9. The molecule has 0 spiro atoms. The Labute approximate surface area is 142 Å². The molecule has 0 radical (unpaired) electrons. The van der Waals surface area contributed by atoms with Crippen LogP contribution in [0.5, 0.6) is 0 Å². The van der Waals surface area contributed by atoms with Gasteiger partial charge in [0.05, 0.1) is 4.92 Å². The number of nitrogens with one attached hydrogen (secondary N) is 2. The van der Waals surface area contributed by atoms with Crippen LogP contribution in [-0.4, -0.2) is 41.5 Å². The van der Waals surface area contributed by atoms with E-state index in [0.29, 0.717) is 24.1 Å². The number of nitro benzene ring substituents is 1. The van der Waals surface area contributed by atoms with Crippen LogP contribution in [0.2, 0.25) is 0 Å². The molecule has 7 nitrogen and oxygen atoms in total. The predicted octanol–water partition coefficient (Wildman–Crippen LogP) is 2.51. The van der Waals surface area contributed by atoms with Crippen LogP contribution in [0.3, 0.4) is 0 Å². The number of carbonyl (C=O) groups excluding carboxylic acids is 1. The second kappa shape index (κ2) is 8.63. The Kier molecular flexibility index (Phi) is 6.54. The summed E-state index contributed by atoms with van der Waals surface area (Å²) in [6.07, 6.45) is 2.30. The maximum Gasteiger partial charge on any atom is 0.315 e. The Morgan fingerprint density at radius 2 is 2.21 bits per heavy atom. The topological polar surface area (TPSA) is 87.5 Å². The van der Waals surface area contributed by atoms with Crippen LogP contribution in [0.1, 0.15) is 32.3 Å². The molecule has 24 heavy (non-hydrogen) atoms. The summed E-state index contributed by atoms with van der Waals surface area (Å²) in [5.74, 6) is 0.477. The molecular weight excluding hydrogens is 308 g/mol. The second-order valence-corrected chi connectivity index (χ2v) is 6.59. The fourth-order valence-electron chi connectivity index (χ4n) is 2.99. The zero-order valence-electron chi connectivity index (χ0n) is 14.3. The van der Waals surface area contributed by atoms with Crippen molar-refractivity contribution in [2.45, 2.75) is 39.3 Å². The number of rotatable bonds is 6. The van der Waals surface area contributed by atoms with Crippen molar-refractivity contribution < 1.29 is 9.72 Å². The number of likely N-dealkylation sites (tertiary alicyclic amines) is 1. The molecule has 0 bridgehead atoms. The molecule has 0 saturated carbocycles. The summed E-state index contributed by atoms with van der Waals surface area (Å²) >= 11 is 0. The fourth-order valence-corrected chi connectivity index (χ4v) is 2.99. The summed E-state index contributed by atoms with van der Waals surface area (Å²) in [6.45, 7) is 7.47. The van der Waals surface area contributed by atoms with Gasteiger partial charge in [-0.25, -0.2) is 4.79 Å². The Balaban J connectivity index is 1.73. The fraction of sp³-hybridized carbons (Fsp3) is 0.588. The van der Waals surface area contributed by atoms with Gasteiger partial charge in [0.25, 0.3) is 5.69 Å². The lowest BCUT2D eigenvalue weighted by atomic mass is 9.97. The first-order valence-electron chi connectivity index (χ1n) is 8.45. The number of hydrogen-bond donors (Lipinski definition) is 2. The van der Waals surface area contributed by atoms with Crippen LogP contribution >= 0.6 is 0 Å². The number of carbonyl (C=O) groups is 1. The minimum Gasteiger partial charge on any atom is -0.338 e. The van der Waals surface area contributed by atoms with Gasteiger partial charge in [0.15, 0.2) is 0 Å². The molecule has 1 aliphatic heterocycles. The van der Waals surface area contributed by atoms with Crippen molar-refractivity contribution in [2.24, 2.45) is 5.92 Å². The standard InChI is InChI=1S/C17H26N4O3/c1-13(2)20-8-4-6-15(12-20)11-19-17(22)18-10-14-5-3-7-16(9-14)21(23)24/h3,5,7,9,13,15H,4,6,8,10-12H2,1-2H3,(H2,18,19,22)/t15-/m0/s1. The van der Waals surface area contributed by atoms with Gasteiger partial charge in [0.1, 0.15) is 0 Å².